The number of H-pyrrole nitrogens is 1. The second kappa shape index (κ2) is 8.14. The second-order valence-electron chi connectivity index (χ2n) is 6.48. The summed E-state index contributed by atoms with van der Waals surface area (Å²) in [7, 11) is 2.06. The molecule has 0 spiro atoms. The summed E-state index contributed by atoms with van der Waals surface area (Å²) < 4.78 is 0. The van der Waals surface area contributed by atoms with Crippen LogP contribution in [0.5, 0.6) is 0 Å². The first-order chi connectivity index (χ1) is 13.6. The maximum atomic E-state index is 12.4. The van der Waals surface area contributed by atoms with Crippen LogP contribution in [0, 0.1) is 11.3 Å². The number of nitriles is 1. The highest BCUT2D eigenvalue weighted by Crippen LogP contribution is 2.36. The lowest BCUT2D eigenvalue weighted by atomic mass is 10.0. The molecule has 1 aliphatic heterocycles. The Morgan fingerprint density at radius 1 is 1.43 bits per heavy atom. The minimum atomic E-state index is -0.167. The number of thioether (sulfide) groups is 1. The average Bonchev–Trinajstić information content (AvgIpc) is 3.31. The van der Waals surface area contributed by atoms with Gasteiger partial charge in [0, 0.05) is 23.5 Å². The number of anilines is 1. The van der Waals surface area contributed by atoms with Crippen molar-refractivity contribution in [3.63, 3.8) is 0 Å². The highest BCUT2D eigenvalue weighted by Gasteiger charge is 2.23. The lowest BCUT2D eigenvalue weighted by molar-refractivity contribution is -0.113. The van der Waals surface area contributed by atoms with Gasteiger partial charge in [0.15, 0.2) is 5.82 Å². The zero-order valence-corrected chi connectivity index (χ0v) is 16.9. The van der Waals surface area contributed by atoms with Gasteiger partial charge in [-0.1, -0.05) is 42.1 Å². The highest BCUT2D eigenvalue weighted by atomic mass is 32.2. The number of thiophene rings is 1. The van der Waals surface area contributed by atoms with Crippen LogP contribution in [0.25, 0.3) is 11.4 Å². The van der Waals surface area contributed by atoms with E-state index in [1.165, 1.54) is 23.1 Å². The van der Waals surface area contributed by atoms with Crippen molar-refractivity contribution in [1.82, 2.24) is 20.1 Å². The van der Waals surface area contributed by atoms with Crippen molar-refractivity contribution in [1.29, 1.82) is 5.26 Å². The molecule has 0 bridgehead atoms. The Bertz CT molecular complexity index is 1040. The molecule has 0 radical (unpaired) electrons. The van der Waals surface area contributed by atoms with E-state index in [0.717, 1.165) is 35.5 Å². The Balaban J connectivity index is 1.39. The van der Waals surface area contributed by atoms with Crippen LogP contribution in [0.2, 0.25) is 0 Å². The number of likely N-dealkylation sites (N-methyl/N-ethyl adjacent to an activating group) is 1. The van der Waals surface area contributed by atoms with Gasteiger partial charge in [0.05, 0.1) is 11.3 Å². The van der Waals surface area contributed by atoms with Crippen LogP contribution in [0.3, 0.4) is 0 Å². The zero-order chi connectivity index (χ0) is 19.5. The molecule has 3 heterocycles. The zero-order valence-electron chi connectivity index (χ0n) is 15.2. The third-order valence-corrected chi connectivity index (χ3v) is 6.44. The van der Waals surface area contributed by atoms with E-state index < -0.39 is 0 Å². The molecule has 3 aromatic rings. The van der Waals surface area contributed by atoms with Crippen molar-refractivity contribution >= 4 is 34.0 Å². The third-order valence-electron chi connectivity index (χ3n) is 4.46. The number of aromatic nitrogens is 3. The first-order valence-corrected chi connectivity index (χ1v) is 10.6. The maximum absolute atomic E-state index is 12.4. The summed E-state index contributed by atoms with van der Waals surface area (Å²) in [4.78, 5) is 20.2. The molecule has 0 saturated heterocycles. The van der Waals surface area contributed by atoms with Crippen molar-refractivity contribution in [2.24, 2.45) is 0 Å². The van der Waals surface area contributed by atoms with Gasteiger partial charge in [0.2, 0.25) is 11.1 Å². The van der Waals surface area contributed by atoms with E-state index >= 15 is 0 Å². The third kappa shape index (κ3) is 3.94. The molecule has 1 aliphatic rings. The molecule has 0 fully saturated rings. The molecular formula is C19H18N6OS2. The van der Waals surface area contributed by atoms with Crippen molar-refractivity contribution in [3.05, 3.63) is 46.3 Å². The topological polar surface area (TPSA) is 97.7 Å². The number of benzene rings is 1. The maximum Gasteiger partial charge on any atom is 0.235 e. The van der Waals surface area contributed by atoms with Crippen LogP contribution in [-0.4, -0.2) is 45.3 Å². The quantitative estimate of drug-likeness (QED) is 0.627. The van der Waals surface area contributed by atoms with Gasteiger partial charge >= 0.3 is 0 Å². The number of hydrogen-bond donors (Lipinski definition) is 2. The molecule has 1 aromatic carbocycles. The van der Waals surface area contributed by atoms with Crippen LogP contribution < -0.4 is 5.32 Å². The molecule has 9 heteroatoms. The fourth-order valence-electron chi connectivity index (χ4n) is 3.07. The molecule has 0 atom stereocenters. The molecule has 1 amide bonds. The predicted octanol–water partition coefficient (Wildman–Crippen LogP) is 3.12. The minimum Gasteiger partial charge on any atom is -0.316 e. The number of hydrogen-bond acceptors (Lipinski definition) is 7. The van der Waals surface area contributed by atoms with Gasteiger partial charge in [-0.05, 0) is 19.0 Å². The summed E-state index contributed by atoms with van der Waals surface area (Å²) >= 11 is 2.76. The molecule has 0 aliphatic carbocycles. The number of fused-ring (bicyclic) bond motifs is 1. The number of carbonyl (C=O) groups excluding carboxylic acids is 1. The Morgan fingerprint density at radius 2 is 2.25 bits per heavy atom. The van der Waals surface area contributed by atoms with Gasteiger partial charge in [-0.15, -0.1) is 16.4 Å². The van der Waals surface area contributed by atoms with Gasteiger partial charge in [-0.3, -0.25) is 9.89 Å². The first kappa shape index (κ1) is 18.7. The van der Waals surface area contributed by atoms with Crippen LogP contribution in [0.4, 0.5) is 5.00 Å². The van der Waals surface area contributed by atoms with Crippen LogP contribution in [-0.2, 0) is 17.8 Å². The Kier molecular flexibility index (Phi) is 5.43. The summed E-state index contributed by atoms with van der Waals surface area (Å²) in [5.41, 5.74) is 2.63. The number of nitrogens with one attached hydrogen (secondary N) is 2. The van der Waals surface area contributed by atoms with Crippen molar-refractivity contribution in [2.75, 3.05) is 24.7 Å². The van der Waals surface area contributed by atoms with Crippen molar-refractivity contribution < 1.29 is 4.79 Å². The molecule has 2 N–H and O–H groups in total. The van der Waals surface area contributed by atoms with Crippen molar-refractivity contribution in [3.8, 4) is 17.5 Å². The first-order valence-electron chi connectivity index (χ1n) is 8.77. The SMILES string of the molecule is CN1CCc2c(sc(NC(=O)CSc3n[nH]c(-c4ccccc4)n3)c2C#N)C1. The average molecular weight is 411 g/mol. The summed E-state index contributed by atoms with van der Waals surface area (Å²) in [6.07, 6.45) is 0.843. The monoisotopic (exact) mass is 410 g/mol. The lowest BCUT2D eigenvalue weighted by Crippen LogP contribution is -2.25. The molecule has 2 aromatic heterocycles. The highest BCUT2D eigenvalue weighted by molar-refractivity contribution is 7.99. The largest absolute Gasteiger partial charge is 0.316 e. The van der Waals surface area contributed by atoms with Crippen LogP contribution >= 0.6 is 23.1 Å². The lowest BCUT2D eigenvalue weighted by Gasteiger charge is -2.21. The summed E-state index contributed by atoms with van der Waals surface area (Å²) in [6.45, 7) is 1.75. The summed E-state index contributed by atoms with van der Waals surface area (Å²) in [5, 5.41) is 20.6. The Labute approximate surface area is 170 Å². The number of rotatable bonds is 5. The van der Waals surface area contributed by atoms with E-state index in [1.807, 2.05) is 30.3 Å². The molecular weight excluding hydrogens is 392 g/mol. The van der Waals surface area contributed by atoms with Crippen molar-refractivity contribution in [2.45, 2.75) is 18.1 Å². The van der Waals surface area contributed by atoms with E-state index in [1.54, 1.807) is 0 Å². The fourth-order valence-corrected chi connectivity index (χ4v) is 4.96. The molecule has 7 nitrogen and oxygen atoms in total. The number of carbonyl (C=O) groups is 1. The van der Waals surface area contributed by atoms with Gasteiger partial charge in [0.1, 0.15) is 11.1 Å². The molecule has 4 rings (SSSR count). The minimum absolute atomic E-state index is 0.167. The van der Waals surface area contributed by atoms with E-state index in [0.29, 0.717) is 21.5 Å². The second-order valence-corrected chi connectivity index (χ2v) is 8.52. The number of nitrogens with zero attached hydrogens (tertiary/aromatic N) is 4. The Hall–Kier alpha value is -2.67. The van der Waals surface area contributed by atoms with E-state index in [-0.39, 0.29) is 11.7 Å². The number of amides is 1. The summed E-state index contributed by atoms with van der Waals surface area (Å²) in [6, 6.07) is 12.0. The van der Waals surface area contributed by atoms with E-state index in [4.69, 9.17) is 0 Å². The van der Waals surface area contributed by atoms with E-state index in [2.05, 4.69) is 38.5 Å². The standard InChI is InChI=1S/C19H18N6OS2/c1-25-8-7-13-14(9-20)18(28-15(13)10-25)21-16(26)11-27-19-22-17(23-24-19)12-5-3-2-4-6-12/h2-6H,7-8,10-11H2,1H3,(H,21,26)(H,22,23,24). The Morgan fingerprint density at radius 3 is 3.04 bits per heavy atom. The van der Waals surface area contributed by atoms with Gasteiger partial charge < -0.3 is 10.2 Å². The molecule has 0 unspecified atom stereocenters. The fraction of sp³-hybridized carbons (Fsp3) is 0.263. The molecule has 142 valence electrons. The predicted molar refractivity (Wildman–Crippen MR) is 110 cm³/mol. The van der Waals surface area contributed by atoms with Gasteiger partial charge in [-0.25, -0.2) is 4.98 Å². The van der Waals surface area contributed by atoms with Crippen LogP contribution in [0.15, 0.2) is 35.5 Å². The van der Waals surface area contributed by atoms with Gasteiger partial charge in [-0.2, -0.15) is 5.26 Å². The molecule has 0 saturated carbocycles. The smallest absolute Gasteiger partial charge is 0.235 e. The summed E-state index contributed by atoms with van der Waals surface area (Å²) in [5.74, 6) is 0.684. The van der Waals surface area contributed by atoms with Gasteiger partial charge in [0.25, 0.3) is 0 Å². The normalized spacial score (nSPS) is 13.7. The number of aromatic amines is 1. The van der Waals surface area contributed by atoms with Crippen LogP contribution in [0.1, 0.15) is 16.0 Å². The molecule has 28 heavy (non-hydrogen) atoms. The van der Waals surface area contributed by atoms with E-state index in [9.17, 15) is 10.1 Å².